The van der Waals surface area contributed by atoms with Crippen molar-refractivity contribution < 1.29 is 9.47 Å². The summed E-state index contributed by atoms with van der Waals surface area (Å²) in [4.78, 5) is 0. The number of methoxy groups -OCH3 is 1. The van der Waals surface area contributed by atoms with E-state index in [1.165, 1.54) is 5.56 Å². The highest BCUT2D eigenvalue weighted by Crippen LogP contribution is 2.24. The van der Waals surface area contributed by atoms with Crippen LogP contribution in [-0.4, -0.2) is 38.4 Å². The Labute approximate surface area is 102 Å². The van der Waals surface area contributed by atoms with Gasteiger partial charge in [-0.3, -0.25) is 0 Å². The number of ether oxygens (including phenoxy) is 2. The largest absolute Gasteiger partial charge is 0.496 e. The van der Waals surface area contributed by atoms with E-state index in [9.17, 15) is 0 Å². The molecule has 0 aliphatic carbocycles. The molecule has 2 rings (SSSR count). The number of para-hydroxylation sites is 1. The lowest BCUT2D eigenvalue weighted by molar-refractivity contribution is 0.00469. The van der Waals surface area contributed by atoms with Crippen LogP contribution in [-0.2, 0) is 4.74 Å². The molecule has 1 aromatic rings. The molecular formula is C13H20N2O2. The Morgan fingerprint density at radius 2 is 2.00 bits per heavy atom. The molecule has 0 saturated carbocycles. The minimum atomic E-state index is 0.240. The van der Waals surface area contributed by atoms with Crippen molar-refractivity contribution in [1.82, 2.24) is 10.4 Å². The Balaban J connectivity index is 2.00. The molecule has 1 aliphatic heterocycles. The minimum Gasteiger partial charge on any atom is -0.496 e. The van der Waals surface area contributed by atoms with Crippen LogP contribution in [0.4, 0.5) is 0 Å². The van der Waals surface area contributed by atoms with Crippen LogP contribution in [0.1, 0.15) is 18.5 Å². The number of benzene rings is 1. The molecule has 0 bridgehead atoms. The Kier molecular flexibility index (Phi) is 4.36. The van der Waals surface area contributed by atoms with E-state index in [2.05, 4.69) is 23.4 Å². The summed E-state index contributed by atoms with van der Waals surface area (Å²) in [5.41, 5.74) is 4.67. The van der Waals surface area contributed by atoms with Crippen molar-refractivity contribution in [2.75, 3.05) is 33.4 Å². The van der Waals surface area contributed by atoms with Crippen LogP contribution in [0.2, 0.25) is 0 Å². The molecule has 94 valence electrons. The van der Waals surface area contributed by atoms with Gasteiger partial charge >= 0.3 is 0 Å². The van der Waals surface area contributed by atoms with E-state index in [-0.39, 0.29) is 6.04 Å². The predicted molar refractivity (Wildman–Crippen MR) is 66.9 cm³/mol. The van der Waals surface area contributed by atoms with Crippen molar-refractivity contribution >= 4 is 0 Å². The summed E-state index contributed by atoms with van der Waals surface area (Å²) < 4.78 is 10.7. The molecule has 4 heteroatoms. The van der Waals surface area contributed by atoms with Crippen molar-refractivity contribution in [3.63, 3.8) is 0 Å². The van der Waals surface area contributed by atoms with Gasteiger partial charge in [0.2, 0.25) is 0 Å². The third kappa shape index (κ3) is 3.19. The second-order valence-electron chi connectivity index (χ2n) is 4.19. The van der Waals surface area contributed by atoms with Crippen molar-refractivity contribution in [2.24, 2.45) is 0 Å². The van der Waals surface area contributed by atoms with Crippen LogP contribution in [0.3, 0.4) is 0 Å². The zero-order valence-electron chi connectivity index (χ0n) is 10.5. The van der Waals surface area contributed by atoms with Gasteiger partial charge in [0.1, 0.15) is 5.75 Å². The number of rotatable bonds is 4. The predicted octanol–water partition coefficient (Wildman–Crippen LogP) is 1.59. The van der Waals surface area contributed by atoms with Gasteiger partial charge < -0.3 is 9.47 Å². The molecule has 1 unspecified atom stereocenters. The Morgan fingerprint density at radius 1 is 1.29 bits per heavy atom. The Morgan fingerprint density at radius 3 is 2.71 bits per heavy atom. The molecule has 1 aromatic carbocycles. The average molecular weight is 236 g/mol. The molecular weight excluding hydrogens is 216 g/mol. The average Bonchev–Trinajstić information content (AvgIpc) is 2.40. The lowest BCUT2D eigenvalue weighted by Crippen LogP contribution is -2.46. The molecule has 1 fully saturated rings. The zero-order chi connectivity index (χ0) is 12.1. The summed E-state index contributed by atoms with van der Waals surface area (Å²) in [5.74, 6) is 0.931. The summed E-state index contributed by atoms with van der Waals surface area (Å²) in [5, 5.41) is 2.21. The van der Waals surface area contributed by atoms with Gasteiger partial charge in [0.25, 0.3) is 0 Å². The Hall–Kier alpha value is -1.10. The first-order valence-corrected chi connectivity index (χ1v) is 6.03. The Bertz CT molecular complexity index is 351. The number of nitrogens with one attached hydrogen (secondary N) is 1. The number of hydrazine groups is 1. The first kappa shape index (κ1) is 12.4. The van der Waals surface area contributed by atoms with E-state index < -0.39 is 0 Å². The second kappa shape index (κ2) is 6.00. The maximum atomic E-state index is 5.37. The van der Waals surface area contributed by atoms with Gasteiger partial charge in [0.15, 0.2) is 0 Å². The van der Waals surface area contributed by atoms with E-state index in [0.717, 1.165) is 32.1 Å². The number of hydrogen-bond donors (Lipinski definition) is 1. The summed E-state index contributed by atoms with van der Waals surface area (Å²) in [6.07, 6.45) is 0. The molecule has 1 aliphatic rings. The van der Waals surface area contributed by atoms with Gasteiger partial charge in [-0.05, 0) is 13.0 Å². The van der Waals surface area contributed by atoms with E-state index in [1.807, 2.05) is 18.2 Å². The van der Waals surface area contributed by atoms with Crippen molar-refractivity contribution in [3.8, 4) is 5.75 Å². The van der Waals surface area contributed by atoms with Crippen molar-refractivity contribution in [3.05, 3.63) is 29.8 Å². The molecule has 1 atom stereocenters. The molecule has 0 amide bonds. The lowest BCUT2D eigenvalue weighted by Gasteiger charge is -2.30. The third-order valence-electron chi connectivity index (χ3n) is 2.99. The maximum Gasteiger partial charge on any atom is 0.123 e. The summed E-state index contributed by atoms with van der Waals surface area (Å²) in [6.45, 7) is 5.60. The standard InChI is InChI=1S/C13H20N2O2/c1-11(14-15-7-9-17-10-8-15)12-5-3-4-6-13(12)16-2/h3-6,11,14H,7-10H2,1-2H3. The quantitative estimate of drug-likeness (QED) is 0.861. The molecule has 4 nitrogen and oxygen atoms in total. The highest BCUT2D eigenvalue weighted by molar-refractivity contribution is 5.35. The summed E-state index contributed by atoms with van der Waals surface area (Å²) >= 11 is 0. The van der Waals surface area contributed by atoms with Gasteiger partial charge in [-0.15, -0.1) is 0 Å². The van der Waals surface area contributed by atoms with Crippen molar-refractivity contribution in [2.45, 2.75) is 13.0 Å². The smallest absolute Gasteiger partial charge is 0.123 e. The van der Waals surface area contributed by atoms with Crippen LogP contribution in [0, 0.1) is 0 Å². The fraction of sp³-hybridized carbons (Fsp3) is 0.538. The SMILES string of the molecule is COc1ccccc1C(C)NN1CCOCC1. The fourth-order valence-corrected chi connectivity index (χ4v) is 2.06. The molecule has 1 saturated heterocycles. The van der Waals surface area contributed by atoms with Gasteiger partial charge in [0.05, 0.1) is 20.3 Å². The van der Waals surface area contributed by atoms with Crippen LogP contribution < -0.4 is 10.2 Å². The van der Waals surface area contributed by atoms with E-state index in [0.29, 0.717) is 0 Å². The molecule has 1 N–H and O–H groups in total. The first-order valence-electron chi connectivity index (χ1n) is 6.03. The van der Waals surface area contributed by atoms with Crippen LogP contribution in [0.25, 0.3) is 0 Å². The number of hydrogen-bond acceptors (Lipinski definition) is 4. The minimum absolute atomic E-state index is 0.240. The molecule has 0 radical (unpaired) electrons. The summed E-state index contributed by atoms with van der Waals surface area (Å²) in [7, 11) is 1.71. The topological polar surface area (TPSA) is 33.7 Å². The van der Waals surface area contributed by atoms with Crippen LogP contribution in [0.5, 0.6) is 5.75 Å². The van der Waals surface area contributed by atoms with Gasteiger partial charge in [-0.25, -0.2) is 10.4 Å². The fourth-order valence-electron chi connectivity index (χ4n) is 2.06. The van der Waals surface area contributed by atoms with Crippen LogP contribution in [0.15, 0.2) is 24.3 Å². The summed E-state index contributed by atoms with van der Waals surface area (Å²) in [6, 6.07) is 8.35. The van der Waals surface area contributed by atoms with Gasteiger partial charge in [-0.2, -0.15) is 0 Å². The highest BCUT2D eigenvalue weighted by Gasteiger charge is 2.16. The normalized spacial score (nSPS) is 18.9. The molecule has 0 spiro atoms. The maximum absolute atomic E-state index is 5.37. The van der Waals surface area contributed by atoms with Crippen LogP contribution >= 0.6 is 0 Å². The second-order valence-corrected chi connectivity index (χ2v) is 4.19. The third-order valence-corrected chi connectivity index (χ3v) is 2.99. The van der Waals surface area contributed by atoms with E-state index >= 15 is 0 Å². The van der Waals surface area contributed by atoms with Gasteiger partial charge in [-0.1, -0.05) is 18.2 Å². The molecule has 1 heterocycles. The van der Waals surface area contributed by atoms with Gasteiger partial charge in [0, 0.05) is 24.7 Å². The molecule has 17 heavy (non-hydrogen) atoms. The van der Waals surface area contributed by atoms with Crippen molar-refractivity contribution in [1.29, 1.82) is 0 Å². The lowest BCUT2D eigenvalue weighted by atomic mass is 10.1. The van der Waals surface area contributed by atoms with E-state index in [4.69, 9.17) is 9.47 Å². The molecule has 0 aromatic heterocycles. The first-order chi connectivity index (χ1) is 8.31. The van der Waals surface area contributed by atoms with E-state index in [1.54, 1.807) is 7.11 Å². The number of nitrogens with zero attached hydrogens (tertiary/aromatic N) is 1. The highest BCUT2D eigenvalue weighted by atomic mass is 16.5. The zero-order valence-corrected chi connectivity index (χ0v) is 10.5. The number of morpholine rings is 1. The monoisotopic (exact) mass is 236 g/mol.